The van der Waals surface area contributed by atoms with E-state index in [0.29, 0.717) is 6.54 Å². The molecule has 0 radical (unpaired) electrons. The Kier molecular flexibility index (Phi) is 6.49. The molecular formula is C16H28N2O. The van der Waals surface area contributed by atoms with Crippen molar-refractivity contribution in [1.82, 2.24) is 4.90 Å². The maximum Gasteiger partial charge on any atom is 0.0681 e. The Labute approximate surface area is 117 Å². The number of hydrogen-bond donors (Lipinski definition) is 2. The first kappa shape index (κ1) is 16.2. The first-order valence-electron chi connectivity index (χ1n) is 7.23. The fourth-order valence-corrected chi connectivity index (χ4v) is 2.28. The average Bonchev–Trinajstić information content (AvgIpc) is 2.46. The van der Waals surface area contributed by atoms with E-state index in [9.17, 15) is 0 Å². The predicted molar refractivity (Wildman–Crippen MR) is 80.8 cm³/mol. The zero-order valence-electron chi connectivity index (χ0n) is 12.5. The molecule has 0 saturated heterocycles. The van der Waals surface area contributed by atoms with Crippen molar-refractivity contribution in [3.05, 3.63) is 35.4 Å². The second-order valence-electron chi connectivity index (χ2n) is 5.45. The highest BCUT2D eigenvalue weighted by molar-refractivity contribution is 5.22. The Morgan fingerprint density at radius 2 is 1.74 bits per heavy atom. The first-order chi connectivity index (χ1) is 9.09. The van der Waals surface area contributed by atoms with Gasteiger partial charge in [-0.25, -0.2) is 0 Å². The largest absolute Gasteiger partial charge is 0.392 e. The van der Waals surface area contributed by atoms with Gasteiger partial charge >= 0.3 is 0 Å². The molecule has 3 nitrogen and oxygen atoms in total. The molecule has 3 N–H and O–H groups in total. The summed E-state index contributed by atoms with van der Waals surface area (Å²) in [6.07, 6.45) is 2.18. The molecule has 1 atom stereocenters. The molecule has 0 spiro atoms. The summed E-state index contributed by atoms with van der Waals surface area (Å²) in [5.41, 5.74) is 8.27. The van der Waals surface area contributed by atoms with E-state index in [1.54, 1.807) is 0 Å². The molecule has 0 aromatic heterocycles. The summed E-state index contributed by atoms with van der Waals surface area (Å²) in [4.78, 5) is 2.47. The molecule has 0 saturated carbocycles. The molecule has 0 aliphatic carbocycles. The molecule has 1 rings (SSSR count). The maximum absolute atomic E-state index is 9.07. The fourth-order valence-electron chi connectivity index (χ4n) is 2.28. The van der Waals surface area contributed by atoms with Crippen LogP contribution in [0.4, 0.5) is 0 Å². The van der Waals surface area contributed by atoms with Crippen molar-refractivity contribution in [3.8, 4) is 0 Å². The summed E-state index contributed by atoms with van der Waals surface area (Å²) in [5, 5.41) is 9.07. The number of hydrogen-bond acceptors (Lipinski definition) is 3. The smallest absolute Gasteiger partial charge is 0.0681 e. The van der Waals surface area contributed by atoms with Gasteiger partial charge in [0.25, 0.3) is 0 Å². The van der Waals surface area contributed by atoms with Crippen LogP contribution in [0.1, 0.15) is 44.7 Å². The highest BCUT2D eigenvalue weighted by Crippen LogP contribution is 2.21. The van der Waals surface area contributed by atoms with Gasteiger partial charge in [-0.3, -0.25) is 4.90 Å². The lowest BCUT2D eigenvalue weighted by Gasteiger charge is -2.40. The van der Waals surface area contributed by atoms with Gasteiger partial charge in [0.05, 0.1) is 6.61 Å². The number of nitrogens with two attached hydrogens (primary N) is 1. The van der Waals surface area contributed by atoms with Crippen LogP contribution >= 0.6 is 0 Å². The van der Waals surface area contributed by atoms with Gasteiger partial charge in [-0.1, -0.05) is 38.1 Å². The van der Waals surface area contributed by atoms with Gasteiger partial charge in [-0.05, 0) is 37.4 Å². The lowest BCUT2D eigenvalue weighted by atomic mass is 9.95. The Morgan fingerprint density at radius 1 is 1.16 bits per heavy atom. The summed E-state index contributed by atoms with van der Waals surface area (Å²) in [7, 11) is 0. The molecule has 1 aromatic rings. The Hall–Kier alpha value is -0.900. The summed E-state index contributed by atoms with van der Waals surface area (Å²) < 4.78 is 0. The molecule has 0 aliphatic heterocycles. The predicted octanol–water partition coefficient (Wildman–Crippen LogP) is 2.52. The minimum absolute atomic E-state index is 0.0612. The van der Waals surface area contributed by atoms with E-state index in [1.165, 1.54) is 5.56 Å². The van der Waals surface area contributed by atoms with Gasteiger partial charge in [0.1, 0.15) is 0 Å². The van der Waals surface area contributed by atoms with Crippen LogP contribution in [0.3, 0.4) is 0 Å². The number of nitrogens with zero attached hydrogens (tertiary/aromatic N) is 1. The molecule has 0 fully saturated rings. The lowest BCUT2D eigenvalue weighted by molar-refractivity contribution is 0.0972. The van der Waals surface area contributed by atoms with Crippen LogP contribution in [0.2, 0.25) is 0 Å². The Balaban J connectivity index is 2.82. The van der Waals surface area contributed by atoms with Crippen molar-refractivity contribution in [2.24, 2.45) is 5.73 Å². The molecule has 3 heteroatoms. The monoisotopic (exact) mass is 264 g/mol. The molecule has 0 aliphatic rings. The number of aliphatic hydroxyl groups excluding tert-OH is 1. The van der Waals surface area contributed by atoms with E-state index < -0.39 is 0 Å². The van der Waals surface area contributed by atoms with Crippen LogP contribution in [0.25, 0.3) is 0 Å². The zero-order chi connectivity index (χ0) is 14.3. The number of rotatable bonds is 8. The van der Waals surface area contributed by atoms with Crippen molar-refractivity contribution in [1.29, 1.82) is 0 Å². The fraction of sp³-hybridized carbons (Fsp3) is 0.625. The van der Waals surface area contributed by atoms with Crippen LogP contribution < -0.4 is 5.73 Å². The molecule has 0 bridgehead atoms. The quantitative estimate of drug-likeness (QED) is 0.758. The molecular weight excluding hydrogens is 236 g/mol. The van der Waals surface area contributed by atoms with E-state index in [-0.39, 0.29) is 12.1 Å². The Bertz CT molecular complexity index is 358. The number of aliphatic hydroxyl groups is 1. The molecule has 1 aromatic carbocycles. The van der Waals surface area contributed by atoms with Gasteiger partial charge in [0, 0.05) is 18.6 Å². The maximum atomic E-state index is 9.07. The minimum Gasteiger partial charge on any atom is -0.392 e. The molecule has 0 amide bonds. The third-order valence-corrected chi connectivity index (χ3v) is 4.04. The van der Waals surface area contributed by atoms with Gasteiger partial charge in [0.2, 0.25) is 0 Å². The van der Waals surface area contributed by atoms with Gasteiger partial charge in [0.15, 0.2) is 0 Å². The van der Waals surface area contributed by atoms with Gasteiger partial charge < -0.3 is 10.8 Å². The second kappa shape index (κ2) is 7.63. The Morgan fingerprint density at radius 3 is 2.16 bits per heavy atom. The van der Waals surface area contributed by atoms with Crippen LogP contribution in [0.5, 0.6) is 0 Å². The summed E-state index contributed by atoms with van der Waals surface area (Å²) in [5.74, 6) is 0. The van der Waals surface area contributed by atoms with Gasteiger partial charge in [-0.2, -0.15) is 0 Å². The van der Waals surface area contributed by atoms with Crippen molar-refractivity contribution in [2.75, 3.05) is 13.1 Å². The van der Waals surface area contributed by atoms with Crippen molar-refractivity contribution in [2.45, 2.75) is 52.3 Å². The normalized spacial score (nSPS) is 14.6. The lowest BCUT2D eigenvalue weighted by Crippen LogP contribution is -2.51. The SMILES string of the molecule is CCCN(Cc1ccc(CO)cc1)C(C)(CC)CN. The van der Waals surface area contributed by atoms with Crippen LogP contribution in [0, 0.1) is 0 Å². The minimum atomic E-state index is 0.0612. The average molecular weight is 264 g/mol. The standard InChI is InChI=1S/C16H28N2O/c1-4-10-18(16(3,5-2)13-17)11-14-6-8-15(12-19)9-7-14/h6-9,19H,4-5,10-13,17H2,1-3H3. The van der Waals surface area contributed by atoms with Crippen LogP contribution in [0.15, 0.2) is 24.3 Å². The molecule has 0 heterocycles. The van der Waals surface area contributed by atoms with Crippen molar-refractivity contribution >= 4 is 0 Å². The van der Waals surface area contributed by atoms with Crippen molar-refractivity contribution in [3.63, 3.8) is 0 Å². The zero-order valence-corrected chi connectivity index (χ0v) is 12.5. The molecule has 19 heavy (non-hydrogen) atoms. The van der Waals surface area contributed by atoms with Crippen molar-refractivity contribution < 1.29 is 5.11 Å². The number of benzene rings is 1. The third-order valence-electron chi connectivity index (χ3n) is 4.04. The van der Waals surface area contributed by atoms with E-state index >= 15 is 0 Å². The first-order valence-corrected chi connectivity index (χ1v) is 7.23. The van der Waals surface area contributed by atoms with Crippen LogP contribution in [-0.4, -0.2) is 28.6 Å². The summed E-state index contributed by atoms with van der Waals surface area (Å²) >= 11 is 0. The van der Waals surface area contributed by atoms with E-state index in [2.05, 4.69) is 37.8 Å². The second-order valence-corrected chi connectivity index (χ2v) is 5.45. The van der Waals surface area contributed by atoms with Gasteiger partial charge in [-0.15, -0.1) is 0 Å². The van der Waals surface area contributed by atoms with Crippen LogP contribution in [-0.2, 0) is 13.2 Å². The van der Waals surface area contributed by atoms with E-state index in [1.807, 2.05) is 12.1 Å². The highest BCUT2D eigenvalue weighted by atomic mass is 16.3. The third kappa shape index (κ3) is 4.30. The topological polar surface area (TPSA) is 49.5 Å². The van der Waals surface area contributed by atoms with E-state index in [4.69, 9.17) is 10.8 Å². The van der Waals surface area contributed by atoms with E-state index in [0.717, 1.165) is 31.5 Å². The molecule has 1 unspecified atom stereocenters. The summed E-state index contributed by atoms with van der Waals surface area (Å²) in [6, 6.07) is 8.18. The summed E-state index contributed by atoms with van der Waals surface area (Å²) in [6.45, 7) is 9.40. The molecule has 108 valence electrons. The highest BCUT2D eigenvalue weighted by Gasteiger charge is 2.27.